The zero-order valence-corrected chi connectivity index (χ0v) is 16.6. The first kappa shape index (κ1) is 19.6. The summed E-state index contributed by atoms with van der Waals surface area (Å²) in [4.78, 5) is 27.0. The molecule has 0 aliphatic carbocycles. The highest BCUT2D eigenvalue weighted by Crippen LogP contribution is 2.40. The quantitative estimate of drug-likeness (QED) is 0.882. The lowest BCUT2D eigenvalue weighted by Gasteiger charge is -2.32. The standard InChI is InChI=1S/C19H28N2O3S/c1-13(14-10-8-7-9-11-14)20-16(22)15-19(5,6)25-12-21(15)17(23)24-18(2,3)4/h7-11,13,15H,12H2,1-6H3,(H,20,22)/t13-,15+/m0/s1. The number of hydrogen-bond acceptors (Lipinski definition) is 4. The van der Waals surface area contributed by atoms with Crippen LogP contribution in [0.1, 0.15) is 53.1 Å². The summed E-state index contributed by atoms with van der Waals surface area (Å²) in [6.07, 6.45) is -0.446. The van der Waals surface area contributed by atoms with Crippen LogP contribution in [0.4, 0.5) is 4.79 Å². The third-order valence-electron chi connectivity index (χ3n) is 4.08. The summed E-state index contributed by atoms with van der Waals surface area (Å²) in [6, 6.07) is 9.09. The van der Waals surface area contributed by atoms with Crippen LogP contribution >= 0.6 is 11.8 Å². The molecule has 2 atom stereocenters. The molecule has 0 bridgehead atoms. The molecule has 1 heterocycles. The second-order valence-corrected chi connectivity index (χ2v) is 9.47. The Morgan fingerprint density at radius 3 is 2.44 bits per heavy atom. The van der Waals surface area contributed by atoms with Crippen LogP contribution in [0.5, 0.6) is 0 Å². The summed E-state index contributed by atoms with van der Waals surface area (Å²) in [6.45, 7) is 11.4. The fourth-order valence-corrected chi connectivity index (χ4v) is 3.94. The van der Waals surface area contributed by atoms with Crippen LogP contribution in [0.25, 0.3) is 0 Å². The van der Waals surface area contributed by atoms with E-state index in [1.54, 1.807) is 11.8 Å². The van der Waals surface area contributed by atoms with E-state index in [2.05, 4.69) is 5.32 Å². The lowest BCUT2D eigenvalue weighted by molar-refractivity contribution is -0.127. The average Bonchev–Trinajstić information content (AvgIpc) is 2.82. The van der Waals surface area contributed by atoms with Gasteiger partial charge in [0.1, 0.15) is 11.6 Å². The minimum Gasteiger partial charge on any atom is -0.444 e. The summed E-state index contributed by atoms with van der Waals surface area (Å²) in [5, 5.41) is 3.04. The summed E-state index contributed by atoms with van der Waals surface area (Å²) < 4.78 is 5.10. The normalized spacial score (nSPS) is 20.9. The lowest BCUT2D eigenvalue weighted by atomic mass is 10.00. The molecule has 6 heteroatoms. The SMILES string of the molecule is C[C@H](NC(=O)[C@H]1N(C(=O)OC(C)(C)C)CSC1(C)C)c1ccccc1. The molecule has 1 fully saturated rings. The highest BCUT2D eigenvalue weighted by Gasteiger charge is 2.49. The number of benzene rings is 1. The highest BCUT2D eigenvalue weighted by molar-refractivity contribution is 8.00. The number of thioether (sulfide) groups is 1. The van der Waals surface area contributed by atoms with Gasteiger partial charge in [-0.1, -0.05) is 30.3 Å². The lowest BCUT2D eigenvalue weighted by Crippen LogP contribution is -2.54. The predicted octanol–water partition coefficient (Wildman–Crippen LogP) is 3.95. The van der Waals surface area contributed by atoms with E-state index in [1.165, 1.54) is 4.90 Å². The van der Waals surface area contributed by atoms with Gasteiger partial charge in [0.25, 0.3) is 0 Å². The van der Waals surface area contributed by atoms with Gasteiger partial charge in [0.2, 0.25) is 5.91 Å². The van der Waals surface area contributed by atoms with E-state index in [0.29, 0.717) is 5.88 Å². The van der Waals surface area contributed by atoms with Gasteiger partial charge in [-0.15, -0.1) is 11.8 Å². The molecule has 2 amide bonds. The Morgan fingerprint density at radius 1 is 1.28 bits per heavy atom. The smallest absolute Gasteiger partial charge is 0.411 e. The number of amides is 2. The molecule has 1 aromatic carbocycles. The molecule has 138 valence electrons. The summed E-state index contributed by atoms with van der Waals surface area (Å²) in [5.41, 5.74) is 0.440. The Balaban J connectivity index is 2.14. The number of carbonyl (C=O) groups excluding carboxylic acids is 2. The molecular formula is C19H28N2O3S. The molecule has 1 N–H and O–H groups in total. The molecule has 25 heavy (non-hydrogen) atoms. The molecule has 1 aromatic rings. The average molecular weight is 365 g/mol. The van der Waals surface area contributed by atoms with Crippen molar-refractivity contribution in [1.29, 1.82) is 0 Å². The monoisotopic (exact) mass is 364 g/mol. The number of rotatable bonds is 3. The van der Waals surface area contributed by atoms with Crippen LogP contribution in [0.2, 0.25) is 0 Å². The van der Waals surface area contributed by atoms with Gasteiger partial charge in [0, 0.05) is 4.75 Å². The Labute approximate surface area is 154 Å². The molecule has 0 radical (unpaired) electrons. The van der Waals surface area contributed by atoms with Crippen LogP contribution in [0.15, 0.2) is 30.3 Å². The van der Waals surface area contributed by atoms with Gasteiger partial charge >= 0.3 is 6.09 Å². The number of hydrogen-bond donors (Lipinski definition) is 1. The van der Waals surface area contributed by atoms with Crippen molar-refractivity contribution in [2.24, 2.45) is 0 Å². The van der Waals surface area contributed by atoms with Crippen LogP contribution in [-0.2, 0) is 9.53 Å². The van der Waals surface area contributed by atoms with Crippen molar-refractivity contribution in [3.8, 4) is 0 Å². The van der Waals surface area contributed by atoms with Crippen molar-refractivity contribution < 1.29 is 14.3 Å². The number of carbonyl (C=O) groups is 2. The largest absolute Gasteiger partial charge is 0.444 e. The van der Waals surface area contributed by atoms with E-state index >= 15 is 0 Å². The molecular weight excluding hydrogens is 336 g/mol. The summed E-state index contributed by atoms with van der Waals surface area (Å²) >= 11 is 1.59. The highest BCUT2D eigenvalue weighted by atomic mass is 32.2. The van der Waals surface area contributed by atoms with Crippen LogP contribution < -0.4 is 5.32 Å². The van der Waals surface area contributed by atoms with Crippen molar-refractivity contribution in [3.63, 3.8) is 0 Å². The predicted molar refractivity (Wildman–Crippen MR) is 101 cm³/mol. The topological polar surface area (TPSA) is 58.6 Å². The van der Waals surface area contributed by atoms with Gasteiger partial charge in [-0.05, 0) is 47.1 Å². The van der Waals surface area contributed by atoms with E-state index in [0.717, 1.165) is 5.56 Å². The molecule has 5 nitrogen and oxygen atoms in total. The molecule has 0 spiro atoms. The Kier molecular flexibility index (Phi) is 5.72. The molecule has 0 unspecified atom stereocenters. The van der Waals surface area contributed by atoms with Gasteiger partial charge in [0.05, 0.1) is 11.9 Å². The van der Waals surface area contributed by atoms with Crippen LogP contribution in [-0.4, -0.2) is 39.2 Å². The molecule has 2 rings (SSSR count). The minimum absolute atomic E-state index is 0.129. The van der Waals surface area contributed by atoms with E-state index in [9.17, 15) is 9.59 Å². The molecule has 1 aliphatic rings. The summed E-state index contributed by atoms with van der Waals surface area (Å²) in [7, 11) is 0. The maximum atomic E-state index is 13.0. The molecule has 0 aromatic heterocycles. The zero-order chi connectivity index (χ0) is 18.8. The molecule has 0 saturated carbocycles. The molecule has 1 saturated heterocycles. The van der Waals surface area contributed by atoms with E-state index in [1.807, 2.05) is 71.9 Å². The fraction of sp³-hybridized carbons (Fsp3) is 0.579. The van der Waals surface area contributed by atoms with Gasteiger partial charge in [-0.25, -0.2) is 4.79 Å². The first-order valence-electron chi connectivity index (χ1n) is 8.50. The van der Waals surface area contributed by atoms with Crippen molar-refractivity contribution >= 4 is 23.8 Å². The van der Waals surface area contributed by atoms with Crippen LogP contribution in [0, 0.1) is 0 Å². The summed E-state index contributed by atoms with van der Waals surface area (Å²) in [5.74, 6) is 0.289. The maximum absolute atomic E-state index is 13.0. The Hall–Kier alpha value is -1.69. The fourth-order valence-electron chi connectivity index (χ4n) is 2.82. The first-order valence-corrected chi connectivity index (χ1v) is 9.49. The van der Waals surface area contributed by atoms with Gasteiger partial charge in [-0.2, -0.15) is 0 Å². The maximum Gasteiger partial charge on any atom is 0.411 e. The van der Waals surface area contributed by atoms with Crippen molar-refractivity contribution in [3.05, 3.63) is 35.9 Å². The Bertz CT molecular complexity index is 625. The third kappa shape index (κ3) is 4.91. The zero-order valence-electron chi connectivity index (χ0n) is 15.8. The first-order chi connectivity index (χ1) is 11.5. The second kappa shape index (κ2) is 7.28. The van der Waals surface area contributed by atoms with Crippen molar-refractivity contribution in [2.75, 3.05) is 5.88 Å². The minimum atomic E-state index is -0.590. The number of nitrogens with zero attached hydrogens (tertiary/aromatic N) is 1. The van der Waals surface area contributed by atoms with Gasteiger partial charge in [0.15, 0.2) is 0 Å². The van der Waals surface area contributed by atoms with Crippen LogP contribution in [0.3, 0.4) is 0 Å². The van der Waals surface area contributed by atoms with E-state index < -0.39 is 17.7 Å². The van der Waals surface area contributed by atoms with Crippen molar-refractivity contribution in [2.45, 2.75) is 64.0 Å². The van der Waals surface area contributed by atoms with E-state index in [4.69, 9.17) is 4.74 Å². The van der Waals surface area contributed by atoms with Crippen molar-refractivity contribution in [1.82, 2.24) is 10.2 Å². The Morgan fingerprint density at radius 2 is 1.88 bits per heavy atom. The second-order valence-electron chi connectivity index (χ2n) is 7.87. The number of nitrogens with one attached hydrogen (secondary N) is 1. The van der Waals surface area contributed by atoms with E-state index in [-0.39, 0.29) is 16.7 Å². The third-order valence-corrected chi connectivity index (χ3v) is 5.46. The van der Waals surface area contributed by atoms with Gasteiger partial charge < -0.3 is 10.1 Å². The number of ether oxygens (including phenoxy) is 1. The molecule has 1 aliphatic heterocycles. The van der Waals surface area contributed by atoms with Gasteiger partial charge in [-0.3, -0.25) is 9.69 Å².